The molecule has 3 heterocycles. The summed E-state index contributed by atoms with van der Waals surface area (Å²) in [6.07, 6.45) is 3.75. The lowest BCUT2D eigenvalue weighted by atomic mass is 9.93. The van der Waals surface area contributed by atoms with Crippen molar-refractivity contribution in [3.8, 4) is 33.4 Å². The molecule has 0 radical (unpaired) electrons. The summed E-state index contributed by atoms with van der Waals surface area (Å²) in [7, 11) is 0. The summed E-state index contributed by atoms with van der Waals surface area (Å²) < 4.78 is 9.39. The summed E-state index contributed by atoms with van der Waals surface area (Å²) in [5, 5.41) is 7.18. The first-order valence-electron chi connectivity index (χ1n) is 18.5. The summed E-state index contributed by atoms with van der Waals surface area (Å²) in [4.78, 5) is 6.81. The van der Waals surface area contributed by atoms with Crippen LogP contribution in [0.1, 0.15) is 0 Å². The number of anilines is 3. The maximum absolute atomic E-state index is 6.82. The Morgan fingerprint density at radius 1 is 0.436 bits per heavy atom. The molecule has 0 aliphatic rings. The van der Waals surface area contributed by atoms with Crippen LogP contribution in [0.5, 0.6) is 0 Å². The van der Waals surface area contributed by atoms with Crippen LogP contribution in [-0.2, 0) is 0 Å². The van der Waals surface area contributed by atoms with Crippen molar-refractivity contribution in [1.29, 1.82) is 0 Å². The van der Waals surface area contributed by atoms with E-state index in [-0.39, 0.29) is 0 Å². The molecule has 0 fully saturated rings. The Kier molecular flexibility index (Phi) is 7.35. The fourth-order valence-corrected chi connectivity index (χ4v) is 9.33. The van der Waals surface area contributed by atoms with Gasteiger partial charge in [-0.25, -0.2) is 0 Å². The minimum Gasteiger partial charge on any atom is -0.455 e. The molecule has 0 aliphatic carbocycles. The monoisotopic (exact) mass is 720 g/mol. The van der Waals surface area contributed by atoms with Crippen LogP contribution in [0.4, 0.5) is 17.1 Å². The predicted octanol–water partition coefficient (Wildman–Crippen LogP) is 15.0. The van der Waals surface area contributed by atoms with Gasteiger partial charge in [0.2, 0.25) is 0 Å². The van der Waals surface area contributed by atoms with Gasteiger partial charge in [-0.15, -0.1) is 11.3 Å². The van der Waals surface area contributed by atoms with E-state index in [2.05, 4.69) is 186 Å². The first-order valence-corrected chi connectivity index (χ1v) is 19.3. The fourth-order valence-electron chi connectivity index (χ4n) is 8.19. The van der Waals surface area contributed by atoms with Crippen molar-refractivity contribution in [2.75, 3.05) is 4.90 Å². The maximum atomic E-state index is 6.82. The van der Waals surface area contributed by atoms with Crippen molar-refractivity contribution in [2.45, 2.75) is 0 Å². The van der Waals surface area contributed by atoms with Crippen LogP contribution in [0.2, 0.25) is 0 Å². The molecule has 3 nitrogen and oxygen atoms in total. The van der Waals surface area contributed by atoms with Crippen molar-refractivity contribution in [3.05, 3.63) is 194 Å². The van der Waals surface area contributed by atoms with Gasteiger partial charge < -0.3 is 9.32 Å². The Bertz CT molecular complexity index is 3200. The van der Waals surface area contributed by atoms with Gasteiger partial charge in [-0.05, 0) is 93.7 Å². The molecule has 0 atom stereocenters. The highest BCUT2D eigenvalue weighted by Gasteiger charge is 2.21. The molecule has 0 unspecified atom stereocenters. The van der Waals surface area contributed by atoms with Gasteiger partial charge in [0, 0.05) is 71.5 Å². The molecule has 0 spiro atoms. The second-order valence-electron chi connectivity index (χ2n) is 13.9. The Labute approximate surface area is 322 Å². The molecule has 8 aromatic carbocycles. The highest BCUT2D eigenvalue weighted by Crippen LogP contribution is 2.46. The molecule has 55 heavy (non-hydrogen) atoms. The third-order valence-electron chi connectivity index (χ3n) is 10.7. The Balaban J connectivity index is 1.09. The van der Waals surface area contributed by atoms with E-state index in [0.29, 0.717) is 0 Å². The second-order valence-corrected chi connectivity index (χ2v) is 15.0. The Morgan fingerprint density at radius 2 is 1.16 bits per heavy atom. The van der Waals surface area contributed by atoms with Crippen LogP contribution in [0.3, 0.4) is 0 Å². The van der Waals surface area contributed by atoms with Crippen molar-refractivity contribution in [3.63, 3.8) is 0 Å². The molecule has 258 valence electrons. The first kappa shape index (κ1) is 31.5. The van der Waals surface area contributed by atoms with Crippen LogP contribution in [0, 0.1) is 0 Å². The minimum atomic E-state index is 0.867. The molecule has 0 amide bonds. The highest BCUT2D eigenvalue weighted by molar-refractivity contribution is 7.25. The Hall–Kier alpha value is -7.01. The van der Waals surface area contributed by atoms with Gasteiger partial charge in [0.25, 0.3) is 0 Å². The zero-order valence-electron chi connectivity index (χ0n) is 29.7. The SMILES string of the molecule is c1ccc(-c2cccc(N(c3ccc(-c4cc5ccccc5c5c4oc4cccc(-c6cccnc6)c45)cc3)c3ccc4c(c3)sc3ccccc34)c2)cc1. The van der Waals surface area contributed by atoms with Gasteiger partial charge in [0.1, 0.15) is 11.2 Å². The number of rotatable bonds is 6. The van der Waals surface area contributed by atoms with Crippen LogP contribution in [0.25, 0.3) is 86.3 Å². The number of hydrogen-bond donors (Lipinski definition) is 0. The van der Waals surface area contributed by atoms with Crippen LogP contribution in [0.15, 0.2) is 199 Å². The standard InChI is InChI=1S/C51H32N2OS/c1-2-11-33(12-3-1)35-14-8-16-39(29-35)53(40-26-27-44-43-18-6-7-21-47(43)55-48(44)31-40)38-24-22-34(23-25-38)45-30-36-13-4-5-17-41(36)50-49-42(37-15-10-28-52-32-37)19-9-20-46(49)54-51(45)50/h1-32H. The average Bonchev–Trinajstić information content (AvgIpc) is 3.84. The van der Waals surface area contributed by atoms with E-state index in [1.54, 1.807) is 0 Å². The van der Waals surface area contributed by atoms with E-state index < -0.39 is 0 Å². The fraction of sp³-hybridized carbons (Fsp3) is 0. The molecular formula is C51H32N2OS. The van der Waals surface area contributed by atoms with Crippen molar-refractivity contribution < 1.29 is 4.42 Å². The lowest BCUT2D eigenvalue weighted by Gasteiger charge is -2.26. The van der Waals surface area contributed by atoms with Crippen LogP contribution >= 0.6 is 11.3 Å². The zero-order valence-corrected chi connectivity index (χ0v) is 30.5. The summed E-state index contributed by atoms with van der Waals surface area (Å²) in [5.41, 5.74) is 11.8. The average molecular weight is 721 g/mol. The van der Waals surface area contributed by atoms with Gasteiger partial charge in [-0.1, -0.05) is 121 Å². The largest absolute Gasteiger partial charge is 0.455 e. The highest BCUT2D eigenvalue weighted by atomic mass is 32.1. The molecule has 0 aliphatic heterocycles. The lowest BCUT2D eigenvalue weighted by Crippen LogP contribution is -2.09. The third kappa shape index (κ3) is 5.30. The smallest absolute Gasteiger partial charge is 0.143 e. The predicted molar refractivity (Wildman–Crippen MR) is 233 cm³/mol. The number of fused-ring (bicyclic) bond motifs is 8. The van der Waals surface area contributed by atoms with E-state index in [9.17, 15) is 0 Å². The number of furan rings is 1. The van der Waals surface area contributed by atoms with Gasteiger partial charge >= 0.3 is 0 Å². The molecule has 0 saturated heterocycles. The van der Waals surface area contributed by atoms with Gasteiger partial charge in [0.15, 0.2) is 0 Å². The molecule has 0 bridgehead atoms. The quantitative estimate of drug-likeness (QED) is 0.171. The number of nitrogens with zero attached hydrogens (tertiary/aromatic N) is 2. The number of pyridine rings is 1. The maximum Gasteiger partial charge on any atom is 0.143 e. The minimum absolute atomic E-state index is 0.867. The zero-order chi connectivity index (χ0) is 36.3. The number of benzene rings is 8. The van der Waals surface area contributed by atoms with Crippen molar-refractivity contribution in [1.82, 2.24) is 4.98 Å². The summed E-state index contributed by atoms with van der Waals surface area (Å²) in [6.45, 7) is 0. The van der Waals surface area contributed by atoms with E-state index in [0.717, 1.165) is 61.3 Å². The molecule has 11 rings (SSSR count). The summed E-state index contributed by atoms with van der Waals surface area (Å²) in [6, 6.07) is 65.3. The first-order chi connectivity index (χ1) is 27.3. The number of aromatic nitrogens is 1. The van der Waals surface area contributed by atoms with Crippen molar-refractivity contribution in [2.24, 2.45) is 0 Å². The molecule has 0 N–H and O–H groups in total. The molecule has 0 saturated carbocycles. The second kappa shape index (κ2) is 12.8. The normalized spacial score (nSPS) is 11.6. The van der Waals surface area contributed by atoms with Gasteiger partial charge in [0.05, 0.1) is 0 Å². The Morgan fingerprint density at radius 3 is 2.04 bits per heavy atom. The molecule has 4 heteroatoms. The van der Waals surface area contributed by atoms with E-state index in [1.807, 2.05) is 29.8 Å². The summed E-state index contributed by atoms with van der Waals surface area (Å²) in [5.74, 6) is 0. The number of hydrogen-bond acceptors (Lipinski definition) is 4. The van der Waals surface area contributed by atoms with E-state index in [4.69, 9.17) is 4.42 Å². The van der Waals surface area contributed by atoms with Gasteiger partial charge in [-0.2, -0.15) is 0 Å². The summed E-state index contributed by atoms with van der Waals surface area (Å²) >= 11 is 1.85. The van der Waals surface area contributed by atoms with Gasteiger partial charge in [-0.3, -0.25) is 4.98 Å². The molecule has 3 aromatic heterocycles. The van der Waals surface area contributed by atoms with E-state index >= 15 is 0 Å². The van der Waals surface area contributed by atoms with Crippen LogP contribution < -0.4 is 4.90 Å². The lowest BCUT2D eigenvalue weighted by molar-refractivity contribution is 0.670. The third-order valence-corrected chi connectivity index (χ3v) is 11.9. The molecule has 11 aromatic rings. The molecular weight excluding hydrogens is 689 g/mol. The van der Waals surface area contributed by atoms with E-state index in [1.165, 1.54) is 42.1 Å². The topological polar surface area (TPSA) is 29.3 Å². The van der Waals surface area contributed by atoms with Crippen molar-refractivity contribution >= 4 is 81.3 Å². The van der Waals surface area contributed by atoms with Crippen LogP contribution in [-0.4, -0.2) is 4.98 Å². The number of thiophene rings is 1.